The van der Waals surface area contributed by atoms with Gasteiger partial charge in [0.25, 0.3) is 0 Å². The van der Waals surface area contributed by atoms with Crippen molar-refractivity contribution in [1.29, 1.82) is 0 Å². The van der Waals surface area contributed by atoms with Crippen molar-refractivity contribution < 1.29 is 0 Å². The molecule has 1 aromatic heterocycles. The van der Waals surface area contributed by atoms with Gasteiger partial charge in [0.05, 0.1) is 0 Å². The Morgan fingerprint density at radius 2 is 1.90 bits per heavy atom. The number of nitrogens with zero attached hydrogens (tertiary/aromatic N) is 3. The zero-order valence-electron chi connectivity index (χ0n) is 13.5. The van der Waals surface area contributed by atoms with E-state index in [4.69, 9.17) is 4.98 Å². The topological polar surface area (TPSA) is 31.4 Å². The second-order valence-electron chi connectivity index (χ2n) is 5.96. The molecular formula is C16H28N4. The molecule has 4 nitrogen and oxygen atoms in total. The van der Waals surface area contributed by atoms with Crippen LogP contribution in [-0.4, -0.2) is 48.6 Å². The molecule has 1 aliphatic heterocycles. The predicted octanol–water partition coefficient (Wildman–Crippen LogP) is 2.03. The van der Waals surface area contributed by atoms with Crippen LogP contribution >= 0.6 is 0 Å². The fourth-order valence-corrected chi connectivity index (χ4v) is 2.79. The molecule has 1 aliphatic rings. The lowest BCUT2D eigenvalue weighted by Crippen LogP contribution is -2.55. The molecule has 2 heterocycles. The Balaban J connectivity index is 2.11. The fraction of sp³-hybridized carbons (Fsp3) is 0.688. The lowest BCUT2D eigenvalue weighted by atomic mass is 10.1. The van der Waals surface area contributed by atoms with Gasteiger partial charge in [-0.3, -0.25) is 4.90 Å². The SMILES string of the molecule is CCNCc1ccc(N2CC(C)N(C)C(C)C2)nc1C. The van der Waals surface area contributed by atoms with Crippen LogP contribution < -0.4 is 10.2 Å². The molecule has 0 aliphatic carbocycles. The second-order valence-corrected chi connectivity index (χ2v) is 5.96. The van der Waals surface area contributed by atoms with Crippen molar-refractivity contribution in [1.82, 2.24) is 15.2 Å². The number of aromatic nitrogens is 1. The van der Waals surface area contributed by atoms with Crippen molar-refractivity contribution in [2.45, 2.75) is 46.3 Å². The fourth-order valence-electron chi connectivity index (χ4n) is 2.79. The maximum atomic E-state index is 4.81. The van der Waals surface area contributed by atoms with E-state index in [0.717, 1.165) is 37.7 Å². The number of anilines is 1. The highest BCUT2D eigenvalue weighted by Crippen LogP contribution is 2.21. The Labute approximate surface area is 123 Å². The molecule has 0 amide bonds. The highest BCUT2D eigenvalue weighted by molar-refractivity contribution is 5.42. The molecule has 20 heavy (non-hydrogen) atoms. The number of likely N-dealkylation sites (N-methyl/N-ethyl adjacent to an activating group) is 1. The van der Waals surface area contributed by atoms with Crippen molar-refractivity contribution >= 4 is 5.82 Å². The van der Waals surface area contributed by atoms with Crippen molar-refractivity contribution in [2.24, 2.45) is 0 Å². The molecular weight excluding hydrogens is 248 g/mol. The summed E-state index contributed by atoms with van der Waals surface area (Å²) >= 11 is 0. The molecule has 1 N–H and O–H groups in total. The van der Waals surface area contributed by atoms with E-state index in [0.29, 0.717) is 12.1 Å². The maximum absolute atomic E-state index is 4.81. The Morgan fingerprint density at radius 1 is 1.25 bits per heavy atom. The Bertz CT molecular complexity index is 434. The molecule has 0 bridgehead atoms. The lowest BCUT2D eigenvalue weighted by Gasteiger charge is -2.43. The summed E-state index contributed by atoms with van der Waals surface area (Å²) in [5.74, 6) is 1.12. The normalized spacial score (nSPS) is 24.1. The van der Waals surface area contributed by atoms with E-state index >= 15 is 0 Å². The number of hydrogen-bond donors (Lipinski definition) is 1. The molecule has 1 aromatic rings. The maximum Gasteiger partial charge on any atom is 0.128 e. The van der Waals surface area contributed by atoms with E-state index in [1.165, 1.54) is 5.56 Å². The van der Waals surface area contributed by atoms with Crippen LogP contribution in [0.15, 0.2) is 12.1 Å². The number of nitrogens with one attached hydrogen (secondary N) is 1. The quantitative estimate of drug-likeness (QED) is 0.912. The van der Waals surface area contributed by atoms with Gasteiger partial charge in [0.2, 0.25) is 0 Å². The van der Waals surface area contributed by atoms with Gasteiger partial charge in [-0.15, -0.1) is 0 Å². The molecule has 2 atom stereocenters. The summed E-state index contributed by atoms with van der Waals surface area (Å²) in [6, 6.07) is 5.53. The van der Waals surface area contributed by atoms with Crippen LogP contribution in [-0.2, 0) is 6.54 Å². The van der Waals surface area contributed by atoms with Gasteiger partial charge < -0.3 is 10.2 Å². The van der Waals surface area contributed by atoms with Crippen LogP contribution in [0, 0.1) is 6.92 Å². The van der Waals surface area contributed by atoms with Gasteiger partial charge in [0.15, 0.2) is 0 Å². The molecule has 1 saturated heterocycles. The first kappa shape index (κ1) is 15.3. The first-order valence-electron chi connectivity index (χ1n) is 7.67. The van der Waals surface area contributed by atoms with Gasteiger partial charge >= 0.3 is 0 Å². The Morgan fingerprint density at radius 3 is 2.45 bits per heavy atom. The van der Waals surface area contributed by atoms with E-state index in [1.807, 2.05) is 0 Å². The summed E-state index contributed by atoms with van der Waals surface area (Å²) in [7, 11) is 2.21. The Hall–Kier alpha value is -1.13. The molecule has 4 heteroatoms. The third-order valence-corrected chi connectivity index (χ3v) is 4.43. The van der Waals surface area contributed by atoms with E-state index in [2.05, 4.69) is 62.0 Å². The van der Waals surface area contributed by atoms with Crippen LogP contribution in [0.5, 0.6) is 0 Å². The third-order valence-electron chi connectivity index (χ3n) is 4.43. The van der Waals surface area contributed by atoms with Crippen molar-refractivity contribution in [3.8, 4) is 0 Å². The highest BCUT2D eigenvalue weighted by Gasteiger charge is 2.27. The van der Waals surface area contributed by atoms with E-state index in [1.54, 1.807) is 0 Å². The molecule has 0 radical (unpaired) electrons. The van der Waals surface area contributed by atoms with Crippen LogP contribution in [0.4, 0.5) is 5.82 Å². The van der Waals surface area contributed by atoms with E-state index in [-0.39, 0.29) is 0 Å². The Kier molecular flexibility index (Phi) is 5.00. The average molecular weight is 276 g/mol. The minimum Gasteiger partial charge on any atom is -0.353 e. The van der Waals surface area contributed by atoms with Crippen LogP contribution in [0.3, 0.4) is 0 Å². The molecule has 1 fully saturated rings. The molecule has 112 valence electrons. The first-order chi connectivity index (χ1) is 9.52. The molecule has 2 unspecified atom stereocenters. The third kappa shape index (κ3) is 3.30. The summed E-state index contributed by atoms with van der Waals surface area (Å²) in [4.78, 5) is 9.67. The van der Waals surface area contributed by atoms with Gasteiger partial charge in [-0.05, 0) is 46.0 Å². The van der Waals surface area contributed by atoms with E-state index in [9.17, 15) is 0 Å². The predicted molar refractivity (Wildman–Crippen MR) is 85.3 cm³/mol. The molecule has 0 aromatic carbocycles. The number of pyridine rings is 1. The monoisotopic (exact) mass is 276 g/mol. The number of hydrogen-bond acceptors (Lipinski definition) is 4. The summed E-state index contributed by atoms with van der Waals surface area (Å²) in [5.41, 5.74) is 2.44. The summed E-state index contributed by atoms with van der Waals surface area (Å²) in [6.45, 7) is 12.8. The minimum absolute atomic E-state index is 0.572. The summed E-state index contributed by atoms with van der Waals surface area (Å²) < 4.78 is 0. The second kappa shape index (κ2) is 6.55. The first-order valence-corrected chi connectivity index (χ1v) is 7.67. The number of rotatable bonds is 4. The highest BCUT2D eigenvalue weighted by atomic mass is 15.3. The summed E-state index contributed by atoms with van der Waals surface area (Å²) in [5, 5.41) is 3.36. The number of aryl methyl sites for hydroxylation is 1. The smallest absolute Gasteiger partial charge is 0.128 e. The van der Waals surface area contributed by atoms with Crippen LogP contribution in [0.25, 0.3) is 0 Å². The van der Waals surface area contributed by atoms with Crippen molar-refractivity contribution in [3.63, 3.8) is 0 Å². The lowest BCUT2D eigenvalue weighted by molar-refractivity contribution is 0.169. The van der Waals surface area contributed by atoms with Gasteiger partial charge in [-0.2, -0.15) is 0 Å². The molecule has 0 spiro atoms. The standard InChI is InChI=1S/C16H28N4/c1-6-17-9-15-7-8-16(18-14(15)4)20-10-12(2)19(5)13(3)11-20/h7-8,12-13,17H,6,9-11H2,1-5H3. The largest absolute Gasteiger partial charge is 0.353 e. The molecule has 0 saturated carbocycles. The summed E-state index contributed by atoms with van der Waals surface area (Å²) in [6.07, 6.45) is 0. The number of piperazine rings is 1. The van der Waals surface area contributed by atoms with Gasteiger partial charge in [0.1, 0.15) is 5.82 Å². The minimum atomic E-state index is 0.572. The van der Waals surface area contributed by atoms with Gasteiger partial charge in [-0.1, -0.05) is 13.0 Å². The van der Waals surface area contributed by atoms with Gasteiger partial charge in [-0.25, -0.2) is 4.98 Å². The van der Waals surface area contributed by atoms with Gasteiger partial charge in [0, 0.05) is 37.4 Å². The van der Waals surface area contributed by atoms with Crippen LogP contribution in [0.1, 0.15) is 32.0 Å². The zero-order valence-corrected chi connectivity index (χ0v) is 13.5. The average Bonchev–Trinajstić information content (AvgIpc) is 2.43. The van der Waals surface area contributed by atoms with Crippen molar-refractivity contribution in [3.05, 3.63) is 23.4 Å². The van der Waals surface area contributed by atoms with Crippen LogP contribution in [0.2, 0.25) is 0 Å². The van der Waals surface area contributed by atoms with Crippen molar-refractivity contribution in [2.75, 3.05) is 31.6 Å². The molecule has 2 rings (SSSR count). The van der Waals surface area contributed by atoms with E-state index < -0.39 is 0 Å². The zero-order chi connectivity index (χ0) is 14.7.